The van der Waals surface area contributed by atoms with E-state index >= 15 is 0 Å². The predicted molar refractivity (Wildman–Crippen MR) is 135 cm³/mol. The zero-order valence-corrected chi connectivity index (χ0v) is 19.8. The zero-order valence-electron chi connectivity index (χ0n) is 19.8. The van der Waals surface area contributed by atoms with Gasteiger partial charge in [-0.2, -0.15) is 0 Å². The minimum absolute atomic E-state index is 0.415. The number of benzene rings is 3. The van der Waals surface area contributed by atoms with E-state index in [1.54, 1.807) is 24.3 Å². The Morgan fingerprint density at radius 1 is 0.722 bits per heavy atom. The van der Waals surface area contributed by atoms with Crippen LogP contribution in [0.3, 0.4) is 0 Å². The molecule has 2 fully saturated rings. The molecule has 0 unspecified atom stereocenters. The molecular weight excluding hydrogens is 458 g/mol. The largest absolute Gasteiger partial charge is 0.369 e. The summed E-state index contributed by atoms with van der Waals surface area (Å²) in [6.07, 6.45) is 0. The number of rotatable bonds is 5. The van der Waals surface area contributed by atoms with Gasteiger partial charge < -0.3 is 4.90 Å². The molecule has 2 aliphatic rings. The van der Waals surface area contributed by atoms with Crippen molar-refractivity contribution in [3.05, 3.63) is 89.3 Å². The first kappa shape index (κ1) is 23.4. The van der Waals surface area contributed by atoms with Crippen molar-refractivity contribution in [1.82, 2.24) is 15.5 Å². The predicted octanol–water partition coefficient (Wildman–Crippen LogP) is 2.78. The molecule has 0 atom stereocenters. The van der Waals surface area contributed by atoms with E-state index < -0.39 is 23.4 Å². The molecule has 9 heteroatoms. The average Bonchev–Trinajstić information content (AvgIpc) is 2.90. The van der Waals surface area contributed by atoms with Gasteiger partial charge in [-0.15, -0.1) is 0 Å². The SMILES string of the molecule is C[N+](=O)c1ccc(N2CCN(C3(c4ccc(-c5ccccc5)cc4)C(=O)NC(=O)NC3=O)CC2)cc1. The molecule has 182 valence electrons. The number of amides is 4. The number of urea groups is 1. The lowest BCUT2D eigenvalue weighted by Gasteiger charge is -2.47. The number of carbonyl (C=O) groups is 3. The first-order chi connectivity index (χ1) is 17.4. The maximum atomic E-state index is 13.4. The van der Waals surface area contributed by atoms with Crippen LogP contribution < -0.4 is 15.5 Å². The molecule has 2 saturated heterocycles. The van der Waals surface area contributed by atoms with Gasteiger partial charge in [-0.25, -0.2) is 4.79 Å². The van der Waals surface area contributed by atoms with Gasteiger partial charge in [-0.1, -0.05) is 54.6 Å². The molecule has 5 rings (SSSR count). The standard InChI is InChI=1S/C27H25N5O4/c1-30(36)22-11-13-23(14-12-22)31-15-17-32(18-16-31)27(24(33)28-26(35)29-25(27)34)21-9-7-20(8-10-21)19-5-3-2-4-6-19/h2-14H,15-18H2,1H3,(H-,28,29,33,34,35)/p+1. The summed E-state index contributed by atoms with van der Waals surface area (Å²) in [5, 5.41) is 4.61. The van der Waals surface area contributed by atoms with E-state index in [4.69, 9.17) is 0 Å². The molecule has 2 N–H and O–H groups in total. The van der Waals surface area contributed by atoms with Gasteiger partial charge in [0.05, 0.1) is 0 Å². The Hall–Kier alpha value is -4.37. The molecule has 4 amide bonds. The van der Waals surface area contributed by atoms with E-state index in [0.29, 0.717) is 37.4 Å². The number of piperazine rings is 1. The van der Waals surface area contributed by atoms with Crippen molar-refractivity contribution in [2.75, 3.05) is 38.1 Å². The maximum absolute atomic E-state index is 13.4. The summed E-state index contributed by atoms with van der Waals surface area (Å²) in [4.78, 5) is 54.1. The first-order valence-electron chi connectivity index (χ1n) is 11.7. The number of imide groups is 2. The van der Waals surface area contributed by atoms with Crippen LogP contribution in [0.5, 0.6) is 0 Å². The van der Waals surface area contributed by atoms with Crippen molar-refractivity contribution in [1.29, 1.82) is 0 Å². The molecule has 0 aromatic heterocycles. The summed E-state index contributed by atoms with van der Waals surface area (Å²) in [6.45, 7) is 1.95. The molecule has 2 aliphatic heterocycles. The van der Waals surface area contributed by atoms with E-state index in [1.165, 1.54) is 7.05 Å². The number of nitrogens with one attached hydrogen (secondary N) is 2. The van der Waals surface area contributed by atoms with Crippen molar-refractivity contribution < 1.29 is 19.1 Å². The molecule has 0 saturated carbocycles. The van der Waals surface area contributed by atoms with Crippen LogP contribution in [0.4, 0.5) is 16.2 Å². The van der Waals surface area contributed by atoms with Crippen LogP contribution in [0.2, 0.25) is 0 Å². The maximum Gasteiger partial charge on any atom is 0.328 e. The first-order valence-corrected chi connectivity index (χ1v) is 11.7. The highest BCUT2D eigenvalue weighted by molar-refractivity contribution is 6.22. The molecule has 3 aromatic carbocycles. The lowest BCUT2D eigenvalue weighted by molar-refractivity contribution is -0.428. The van der Waals surface area contributed by atoms with Gasteiger partial charge in [0.25, 0.3) is 17.5 Å². The zero-order chi connectivity index (χ0) is 25.3. The second kappa shape index (κ2) is 9.35. The number of hydrogen-bond donors (Lipinski definition) is 2. The van der Waals surface area contributed by atoms with Crippen LogP contribution >= 0.6 is 0 Å². The molecule has 0 aliphatic carbocycles. The van der Waals surface area contributed by atoms with Crippen LogP contribution in [0.15, 0.2) is 78.9 Å². The molecule has 36 heavy (non-hydrogen) atoms. The van der Waals surface area contributed by atoms with E-state index in [1.807, 2.05) is 59.5 Å². The van der Waals surface area contributed by atoms with Gasteiger partial charge in [0.1, 0.15) is 0 Å². The van der Waals surface area contributed by atoms with Crippen molar-refractivity contribution in [3.63, 3.8) is 0 Å². The number of hydrogen-bond acceptors (Lipinski definition) is 6. The third-order valence-electron chi connectivity index (χ3n) is 6.85. The fourth-order valence-electron chi connectivity index (χ4n) is 4.96. The van der Waals surface area contributed by atoms with E-state index in [9.17, 15) is 19.3 Å². The molecule has 3 aromatic rings. The van der Waals surface area contributed by atoms with Gasteiger partial charge in [0, 0.05) is 53.7 Å². The number of anilines is 1. The highest BCUT2D eigenvalue weighted by atomic mass is 16.3. The van der Waals surface area contributed by atoms with E-state index in [0.717, 1.165) is 21.6 Å². The Kier molecular flexibility index (Phi) is 6.07. The average molecular weight is 485 g/mol. The Balaban J connectivity index is 1.44. The second-order valence-electron chi connectivity index (χ2n) is 8.88. The van der Waals surface area contributed by atoms with E-state index in [-0.39, 0.29) is 0 Å². The lowest BCUT2D eigenvalue weighted by Crippen LogP contribution is -2.73. The van der Waals surface area contributed by atoms with Crippen LogP contribution in [0.1, 0.15) is 5.56 Å². The summed E-state index contributed by atoms with van der Waals surface area (Å²) in [5.41, 5.74) is 2.34. The highest BCUT2D eigenvalue weighted by Gasteiger charge is 2.56. The van der Waals surface area contributed by atoms with Gasteiger partial charge in [0.2, 0.25) is 5.54 Å². The molecule has 0 spiro atoms. The minimum atomic E-state index is -1.66. The topological polar surface area (TPSA) is 102 Å². The fourth-order valence-corrected chi connectivity index (χ4v) is 4.96. The molecule has 0 radical (unpaired) electrons. The monoisotopic (exact) mass is 484 g/mol. The van der Waals surface area contributed by atoms with Crippen molar-refractivity contribution in [2.24, 2.45) is 0 Å². The molecule has 9 nitrogen and oxygen atoms in total. The Morgan fingerprint density at radius 2 is 1.28 bits per heavy atom. The smallest absolute Gasteiger partial charge is 0.328 e. The summed E-state index contributed by atoms with van der Waals surface area (Å²) in [7, 11) is 1.45. The van der Waals surface area contributed by atoms with Gasteiger partial charge in [0.15, 0.2) is 7.05 Å². The number of barbiturate groups is 1. The van der Waals surface area contributed by atoms with Gasteiger partial charge in [-0.3, -0.25) is 25.1 Å². The second-order valence-corrected chi connectivity index (χ2v) is 8.88. The summed E-state index contributed by atoms with van der Waals surface area (Å²) in [5.74, 6) is -1.31. The minimum Gasteiger partial charge on any atom is -0.369 e. The third kappa shape index (κ3) is 4.03. The summed E-state index contributed by atoms with van der Waals surface area (Å²) < 4.78 is 0.802. The molecule has 0 bridgehead atoms. The third-order valence-corrected chi connectivity index (χ3v) is 6.85. The lowest BCUT2D eigenvalue weighted by atomic mass is 9.83. The van der Waals surface area contributed by atoms with Crippen molar-refractivity contribution in [3.8, 4) is 11.1 Å². The van der Waals surface area contributed by atoms with Gasteiger partial charge in [-0.05, 0) is 28.8 Å². The summed E-state index contributed by atoms with van der Waals surface area (Å²) in [6, 6.07) is 23.6. The van der Waals surface area contributed by atoms with Crippen molar-refractivity contribution >= 4 is 29.2 Å². The normalized spacial score (nSPS) is 17.9. The number of nitroso groups, excluding NO2 is 1. The van der Waals surface area contributed by atoms with Crippen LogP contribution in [-0.4, -0.2) is 60.7 Å². The fraction of sp³-hybridized carbons (Fsp3) is 0.222. The number of carbonyl (C=O) groups excluding carboxylic acids is 3. The van der Waals surface area contributed by atoms with Crippen LogP contribution in [0.25, 0.3) is 11.1 Å². The summed E-state index contributed by atoms with van der Waals surface area (Å²) >= 11 is 0. The van der Waals surface area contributed by atoms with Crippen LogP contribution in [0, 0.1) is 4.91 Å². The molecular formula is C27H26N5O4+. The highest BCUT2D eigenvalue weighted by Crippen LogP contribution is 2.34. The van der Waals surface area contributed by atoms with Crippen molar-refractivity contribution in [2.45, 2.75) is 5.54 Å². The number of nitrogens with zero attached hydrogens (tertiary/aromatic N) is 3. The Labute approximate surface area is 208 Å². The quantitative estimate of drug-likeness (QED) is 0.427. The van der Waals surface area contributed by atoms with E-state index in [2.05, 4.69) is 15.5 Å². The Bertz CT molecular complexity index is 1290. The van der Waals surface area contributed by atoms with Crippen LogP contribution in [-0.2, 0) is 15.1 Å². The molecule has 2 heterocycles. The Morgan fingerprint density at radius 3 is 1.83 bits per heavy atom. The van der Waals surface area contributed by atoms with Gasteiger partial charge >= 0.3 is 6.03 Å².